The van der Waals surface area contributed by atoms with E-state index in [2.05, 4.69) is 15.5 Å². The normalized spacial score (nSPS) is 26.4. The van der Waals surface area contributed by atoms with E-state index < -0.39 is 0 Å². The highest BCUT2D eigenvalue weighted by molar-refractivity contribution is 5.97. The molecule has 2 aliphatic rings. The number of H-pyrrole nitrogens is 1. The molecule has 0 aromatic carbocycles. The first-order chi connectivity index (χ1) is 9.70. The third-order valence-electron chi connectivity index (χ3n) is 4.49. The van der Waals surface area contributed by atoms with Gasteiger partial charge in [0.25, 0.3) is 5.91 Å². The van der Waals surface area contributed by atoms with Gasteiger partial charge in [-0.05, 0) is 25.7 Å². The Morgan fingerprint density at radius 1 is 1.35 bits per heavy atom. The van der Waals surface area contributed by atoms with Crippen LogP contribution in [0.1, 0.15) is 60.6 Å². The first kappa shape index (κ1) is 13.4. The molecule has 20 heavy (non-hydrogen) atoms. The van der Waals surface area contributed by atoms with E-state index in [0.717, 1.165) is 44.2 Å². The predicted octanol–water partition coefficient (Wildman–Crippen LogP) is 1.15. The summed E-state index contributed by atoms with van der Waals surface area (Å²) in [4.78, 5) is 12.3. The van der Waals surface area contributed by atoms with Crippen LogP contribution in [0.3, 0.4) is 0 Å². The fraction of sp³-hybridized carbons (Fsp3) is 0.714. The number of aromatic amines is 1. The zero-order chi connectivity index (χ0) is 14.1. The molecular formula is C14H22N4O2. The second-order valence-corrected chi connectivity index (χ2v) is 5.98. The third-order valence-corrected chi connectivity index (χ3v) is 4.49. The summed E-state index contributed by atoms with van der Waals surface area (Å²) in [5.41, 5.74) is 7.70. The third kappa shape index (κ3) is 2.52. The predicted molar refractivity (Wildman–Crippen MR) is 75.3 cm³/mol. The number of nitrogens with two attached hydrogens (primary N) is 1. The molecule has 0 saturated heterocycles. The molecule has 2 aliphatic carbocycles. The number of carbonyl (C=O) groups is 1. The smallest absolute Gasteiger partial charge is 0.274 e. The van der Waals surface area contributed by atoms with Gasteiger partial charge in [-0.3, -0.25) is 9.89 Å². The van der Waals surface area contributed by atoms with E-state index in [1.165, 1.54) is 0 Å². The van der Waals surface area contributed by atoms with Crippen LogP contribution < -0.4 is 11.1 Å². The molecule has 1 aromatic heterocycles. The average Bonchev–Trinajstić information content (AvgIpc) is 3.22. The van der Waals surface area contributed by atoms with Crippen molar-refractivity contribution in [3.8, 4) is 0 Å². The molecule has 110 valence electrons. The van der Waals surface area contributed by atoms with Crippen LogP contribution in [0.4, 0.5) is 5.69 Å². The van der Waals surface area contributed by atoms with Gasteiger partial charge in [0.1, 0.15) is 0 Å². The lowest BCUT2D eigenvalue weighted by Crippen LogP contribution is -2.43. The second-order valence-electron chi connectivity index (χ2n) is 5.98. The highest BCUT2D eigenvalue weighted by atomic mass is 16.3. The van der Waals surface area contributed by atoms with Crippen molar-refractivity contribution in [1.82, 2.24) is 15.5 Å². The lowest BCUT2D eigenvalue weighted by atomic mass is 9.85. The minimum atomic E-state index is -0.226. The van der Waals surface area contributed by atoms with Crippen LogP contribution >= 0.6 is 0 Å². The molecular weight excluding hydrogens is 256 g/mol. The maximum atomic E-state index is 12.3. The monoisotopic (exact) mass is 278 g/mol. The number of hydrogen-bond acceptors (Lipinski definition) is 4. The fourth-order valence-corrected chi connectivity index (χ4v) is 3.07. The minimum absolute atomic E-state index is 0.0294. The maximum absolute atomic E-state index is 12.3. The van der Waals surface area contributed by atoms with E-state index >= 15 is 0 Å². The largest absolute Gasteiger partial charge is 0.396 e. The quantitative estimate of drug-likeness (QED) is 0.663. The van der Waals surface area contributed by atoms with Gasteiger partial charge in [0.05, 0.1) is 11.4 Å². The van der Waals surface area contributed by atoms with E-state index in [0.29, 0.717) is 17.3 Å². The Morgan fingerprint density at radius 3 is 2.80 bits per heavy atom. The Bertz CT molecular complexity index is 495. The molecule has 6 heteroatoms. The number of nitrogens with zero attached hydrogens (tertiary/aromatic N) is 1. The molecule has 0 radical (unpaired) electrons. The van der Waals surface area contributed by atoms with E-state index in [1.54, 1.807) is 0 Å². The second kappa shape index (κ2) is 5.44. The van der Waals surface area contributed by atoms with Crippen molar-refractivity contribution < 1.29 is 9.90 Å². The van der Waals surface area contributed by atoms with Crippen molar-refractivity contribution in [2.45, 2.75) is 50.5 Å². The number of rotatable bonds is 4. The van der Waals surface area contributed by atoms with Gasteiger partial charge >= 0.3 is 0 Å². The van der Waals surface area contributed by atoms with Gasteiger partial charge in [-0.1, -0.05) is 12.8 Å². The number of nitrogen functional groups attached to an aromatic ring is 1. The summed E-state index contributed by atoms with van der Waals surface area (Å²) in [6, 6.07) is 0.0294. The van der Waals surface area contributed by atoms with Crippen LogP contribution in [0, 0.1) is 5.92 Å². The topological polar surface area (TPSA) is 104 Å². The molecule has 2 saturated carbocycles. The van der Waals surface area contributed by atoms with Crippen LogP contribution in [0.2, 0.25) is 0 Å². The summed E-state index contributed by atoms with van der Waals surface area (Å²) in [6.07, 6.45) is 6.31. The Balaban J connectivity index is 1.69. The highest BCUT2D eigenvalue weighted by Crippen LogP contribution is 2.42. The van der Waals surface area contributed by atoms with Crippen LogP contribution in [0.5, 0.6) is 0 Å². The fourth-order valence-electron chi connectivity index (χ4n) is 3.07. The molecule has 2 atom stereocenters. The molecule has 0 bridgehead atoms. The van der Waals surface area contributed by atoms with Gasteiger partial charge in [-0.15, -0.1) is 0 Å². The Morgan fingerprint density at radius 2 is 2.10 bits per heavy atom. The Hall–Kier alpha value is -1.56. The number of carbonyl (C=O) groups excluding carboxylic acids is 1. The van der Waals surface area contributed by atoms with Gasteiger partial charge in [0.2, 0.25) is 0 Å². The molecule has 2 unspecified atom stereocenters. The number of anilines is 1. The summed E-state index contributed by atoms with van der Waals surface area (Å²) in [7, 11) is 0. The number of amides is 1. The first-order valence-electron chi connectivity index (χ1n) is 7.46. The summed E-state index contributed by atoms with van der Waals surface area (Å²) in [5, 5.41) is 19.3. The lowest BCUT2D eigenvalue weighted by Gasteiger charge is -2.30. The molecule has 1 amide bonds. The number of aliphatic hydroxyl groups is 1. The highest BCUT2D eigenvalue weighted by Gasteiger charge is 2.32. The van der Waals surface area contributed by atoms with Crippen molar-refractivity contribution in [2.24, 2.45) is 5.92 Å². The summed E-state index contributed by atoms with van der Waals surface area (Å²) < 4.78 is 0. The van der Waals surface area contributed by atoms with Gasteiger partial charge in [0.15, 0.2) is 5.69 Å². The minimum Gasteiger partial charge on any atom is -0.396 e. The van der Waals surface area contributed by atoms with Gasteiger partial charge in [0, 0.05) is 24.5 Å². The SMILES string of the molecule is Nc1c(C(=O)NC2CCCCC2CO)n[nH]c1C1CC1. The standard InChI is InChI=1S/C14H22N4O2/c15-11-12(8-5-6-8)17-18-13(11)14(20)16-10-4-2-1-3-9(10)7-19/h8-10,19H,1-7,15H2,(H,16,20)(H,17,18). The number of nitrogens with one attached hydrogen (secondary N) is 2. The molecule has 1 heterocycles. The number of hydrogen-bond donors (Lipinski definition) is 4. The van der Waals surface area contributed by atoms with Crippen molar-refractivity contribution in [3.63, 3.8) is 0 Å². The Kier molecular flexibility index (Phi) is 3.65. The zero-order valence-electron chi connectivity index (χ0n) is 11.6. The van der Waals surface area contributed by atoms with Crippen LogP contribution in [-0.4, -0.2) is 33.9 Å². The molecule has 0 spiro atoms. The maximum Gasteiger partial charge on any atom is 0.274 e. The van der Waals surface area contributed by atoms with E-state index in [-0.39, 0.29) is 24.5 Å². The molecule has 1 aromatic rings. The zero-order valence-corrected chi connectivity index (χ0v) is 11.6. The number of aromatic nitrogens is 2. The summed E-state index contributed by atoms with van der Waals surface area (Å²) in [5.74, 6) is 0.371. The van der Waals surface area contributed by atoms with Crippen molar-refractivity contribution in [3.05, 3.63) is 11.4 Å². The summed E-state index contributed by atoms with van der Waals surface area (Å²) in [6.45, 7) is 0.119. The van der Waals surface area contributed by atoms with Crippen molar-refractivity contribution in [2.75, 3.05) is 12.3 Å². The van der Waals surface area contributed by atoms with E-state index in [4.69, 9.17) is 5.73 Å². The van der Waals surface area contributed by atoms with Crippen molar-refractivity contribution >= 4 is 11.6 Å². The molecule has 6 nitrogen and oxygen atoms in total. The Labute approximate surface area is 118 Å². The lowest BCUT2D eigenvalue weighted by molar-refractivity contribution is 0.0868. The first-order valence-corrected chi connectivity index (χ1v) is 7.46. The van der Waals surface area contributed by atoms with Crippen LogP contribution in [0.15, 0.2) is 0 Å². The number of aliphatic hydroxyl groups excluding tert-OH is 1. The molecule has 2 fully saturated rings. The van der Waals surface area contributed by atoms with E-state index in [1.807, 2.05) is 0 Å². The van der Waals surface area contributed by atoms with E-state index in [9.17, 15) is 9.90 Å². The van der Waals surface area contributed by atoms with Gasteiger partial charge in [-0.25, -0.2) is 0 Å². The molecule has 3 rings (SSSR count). The van der Waals surface area contributed by atoms with Gasteiger partial charge < -0.3 is 16.2 Å². The van der Waals surface area contributed by atoms with Crippen LogP contribution in [-0.2, 0) is 0 Å². The molecule has 0 aliphatic heterocycles. The average molecular weight is 278 g/mol. The molecule has 5 N–H and O–H groups in total. The van der Waals surface area contributed by atoms with Gasteiger partial charge in [-0.2, -0.15) is 5.10 Å². The van der Waals surface area contributed by atoms with Crippen molar-refractivity contribution in [1.29, 1.82) is 0 Å². The van der Waals surface area contributed by atoms with Crippen LogP contribution in [0.25, 0.3) is 0 Å². The summed E-state index contributed by atoms with van der Waals surface area (Å²) >= 11 is 0.